The van der Waals surface area contributed by atoms with Gasteiger partial charge in [0.25, 0.3) is 0 Å². The molecule has 2 rings (SSSR count). The maximum absolute atomic E-state index is 5.54. The number of fused-ring (bicyclic) bond motifs is 1. The maximum atomic E-state index is 5.54. The summed E-state index contributed by atoms with van der Waals surface area (Å²) in [7, 11) is 0. The van der Waals surface area contributed by atoms with Crippen LogP contribution in [0, 0.1) is 0 Å². The molecule has 0 atom stereocenters. The van der Waals surface area contributed by atoms with Gasteiger partial charge in [0, 0.05) is 0 Å². The third-order valence-electron chi connectivity index (χ3n) is 2.61. The molecule has 3 heteroatoms. The van der Waals surface area contributed by atoms with Crippen LogP contribution in [0.4, 0.5) is 0 Å². The molecule has 0 unspecified atom stereocenters. The second kappa shape index (κ2) is 5.03. The minimum atomic E-state index is 0.627. The van der Waals surface area contributed by atoms with E-state index in [-0.39, 0.29) is 0 Å². The molecule has 1 heterocycles. The van der Waals surface area contributed by atoms with Crippen molar-refractivity contribution < 1.29 is 9.47 Å². The molecule has 0 fully saturated rings. The SMILES string of the molecule is CC(=CCCN)c1ccc2c(c1)OCCO2. The lowest BCUT2D eigenvalue weighted by molar-refractivity contribution is 0.171. The summed E-state index contributed by atoms with van der Waals surface area (Å²) in [6.07, 6.45) is 3.05. The molecule has 0 bridgehead atoms. The molecule has 1 aliphatic heterocycles. The van der Waals surface area contributed by atoms with E-state index in [4.69, 9.17) is 15.2 Å². The van der Waals surface area contributed by atoms with Crippen molar-refractivity contribution in [1.29, 1.82) is 0 Å². The molecule has 0 aromatic heterocycles. The van der Waals surface area contributed by atoms with Gasteiger partial charge in [-0.15, -0.1) is 0 Å². The number of ether oxygens (including phenoxy) is 2. The third-order valence-corrected chi connectivity index (χ3v) is 2.61. The lowest BCUT2D eigenvalue weighted by atomic mass is 10.1. The first-order valence-electron chi connectivity index (χ1n) is 5.58. The van der Waals surface area contributed by atoms with Crippen LogP contribution in [0.15, 0.2) is 24.3 Å². The lowest BCUT2D eigenvalue weighted by Crippen LogP contribution is -2.15. The number of allylic oxidation sites excluding steroid dienone is 1. The van der Waals surface area contributed by atoms with Crippen LogP contribution in [0.25, 0.3) is 5.57 Å². The summed E-state index contributed by atoms with van der Waals surface area (Å²) < 4.78 is 11.0. The van der Waals surface area contributed by atoms with Crippen LogP contribution in [0.1, 0.15) is 18.9 Å². The van der Waals surface area contributed by atoms with Gasteiger partial charge < -0.3 is 15.2 Å². The van der Waals surface area contributed by atoms with E-state index in [0.717, 1.165) is 23.5 Å². The van der Waals surface area contributed by atoms with E-state index in [1.54, 1.807) is 0 Å². The Balaban J connectivity index is 2.22. The van der Waals surface area contributed by atoms with Crippen molar-refractivity contribution in [2.45, 2.75) is 13.3 Å². The standard InChI is InChI=1S/C13H17NO2/c1-10(3-2-6-14)11-4-5-12-13(9-11)16-8-7-15-12/h3-5,9H,2,6-8,14H2,1H3. The summed E-state index contributed by atoms with van der Waals surface area (Å²) in [6.45, 7) is 4.03. The van der Waals surface area contributed by atoms with Gasteiger partial charge in [-0.3, -0.25) is 0 Å². The van der Waals surface area contributed by atoms with E-state index < -0.39 is 0 Å². The van der Waals surface area contributed by atoms with Gasteiger partial charge in [0.1, 0.15) is 13.2 Å². The highest BCUT2D eigenvalue weighted by atomic mass is 16.6. The molecule has 2 N–H and O–H groups in total. The van der Waals surface area contributed by atoms with Gasteiger partial charge in [0.15, 0.2) is 11.5 Å². The molecular formula is C13H17NO2. The molecule has 0 aliphatic carbocycles. The summed E-state index contributed by atoms with van der Waals surface area (Å²) in [6, 6.07) is 6.04. The third kappa shape index (κ3) is 2.36. The summed E-state index contributed by atoms with van der Waals surface area (Å²) in [5.74, 6) is 1.67. The van der Waals surface area contributed by atoms with Gasteiger partial charge in [-0.05, 0) is 43.2 Å². The number of hydrogen-bond donors (Lipinski definition) is 1. The first-order chi connectivity index (χ1) is 7.81. The van der Waals surface area contributed by atoms with Crippen LogP contribution in [0.2, 0.25) is 0 Å². The average Bonchev–Trinajstić information content (AvgIpc) is 2.35. The number of nitrogens with two attached hydrogens (primary N) is 1. The van der Waals surface area contributed by atoms with Crippen LogP contribution in [-0.2, 0) is 0 Å². The quantitative estimate of drug-likeness (QED) is 0.847. The normalized spacial score (nSPS) is 15.0. The Morgan fingerprint density at radius 3 is 2.81 bits per heavy atom. The highest BCUT2D eigenvalue weighted by Crippen LogP contribution is 2.32. The second-order valence-corrected chi connectivity index (χ2v) is 3.82. The van der Waals surface area contributed by atoms with Crippen molar-refractivity contribution >= 4 is 5.57 Å². The largest absolute Gasteiger partial charge is 0.486 e. The molecular weight excluding hydrogens is 202 g/mol. The lowest BCUT2D eigenvalue weighted by Gasteiger charge is -2.19. The molecule has 0 saturated carbocycles. The first-order valence-corrected chi connectivity index (χ1v) is 5.58. The Bertz CT molecular complexity index is 399. The minimum absolute atomic E-state index is 0.627. The summed E-state index contributed by atoms with van der Waals surface area (Å²) in [4.78, 5) is 0. The molecule has 16 heavy (non-hydrogen) atoms. The van der Waals surface area contributed by atoms with Crippen molar-refractivity contribution in [3.05, 3.63) is 29.8 Å². The van der Waals surface area contributed by atoms with Crippen LogP contribution in [0.3, 0.4) is 0 Å². The molecule has 0 spiro atoms. The predicted octanol–water partition coefficient (Wildman–Crippen LogP) is 2.21. The van der Waals surface area contributed by atoms with Crippen LogP contribution < -0.4 is 15.2 Å². The summed E-state index contributed by atoms with van der Waals surface area (Å²) >= 11 is 0. The molecule has 0 amide bonds. The topological polar surface area (TPSA) is 44.5 Å². The zero-order valence-electron chi connectivity index (χ0n) is 9.53. The minimum Gasteiger partial charge on any atom is -0.486 e. The molecule has 1 aromatic rings. The van der Waals surface area contributed by atoms with Crippen molar-refractivity contribution in [3.63, 3.8) is 0 Å². The van der Waals surface area contributed by atoms with Crippen LogP contribution in [-0.4, -0.2) is 19.8 Å². The smallest absolute Gasteiger partial charge is 0.161 e. The van der Waals surface area contributed by atoms with Crippen molar-refractivity contribution in [3.8, 4) is 11.5 Å². The molecule has 0 radical (unpaired) electrons. The van der Waals surface area contributed by atoms with Gasteiger partial charge in [-0.25, -0.2) is 0 Å². The fourth-order valence-corrected chi connectivity index (χ4v) is 1.71. The van der Waals surface area contributed by atoms with Gasteiger partial charge in [-0.1, -0.05) is 12.1 Å². The Hall–Kier alpha value is -1.48. The van der Waals surface area contributed by atoms with Gasteiger partial charge >= 0.3 is 0 Å². The number of rotatable bonds is 3. The molecule has 1 aliphatic rings. The molecule has 0 saturated heterocycles. The van der Waals surface area contributed by atoms with Gasteiger partial charge in [0.2, 0.25) is 0 Å². The zero-order valence-corrected chi connectivity index (χ0v) is 9.53. The first kappa shape index (κ1) is 11.0. The Morgan fingerprint density at radius 2 is 2.06 bits per heavy atom. The van der Waals surface area contributed by atoms with Crippen LogP contribution in [0.5, 0.6) is 11.5 Å². The Kier molecular flexibility index (Phi) is 3.47. The van der Waals surface area contributed by atoms with E-state index in [1.807, 2.05) is 12.1 Å². The monoisotopic (exact) mass is 219 g/mol. The van der Waals surface area contributed by atoms with Crippen LogP contribution >= 0.6 is 0 Å². The Labute approximate surface area is 95.9 Å². The fourth-order valence-electron chi connectivity index (χ4n) is 1.71. The van der Waals surface area contributed by atoms with Gasteiger partial charge in [0.05, 0.1) is 0 Å². The van der Waals surface area contributed by atoms with Crippen molar-refractivity contribution in [2.75, 3.05) is 19.8 Å². The van der Waals surface area contributed by atoms with E-state index in [2.05, 4.69) is 19.1 Å². The van der Waals surface area contributed by atoms with E-state index in [9.17, 15) is 0 Å². The molecule has 1 aromatic carbocycles. The molecule has 86 valence electrons. The fraction of sp³-hybridized carbons (Fsp3) is 0.385. The average molecular weight is 219 g/mol. The number of benzene rings is 1. The van der Waals surface area contributed by atoms with E-state index in [1.165, 1.54) is 5.57 Å². The predicted molar refractivity (Wildman–Crippen MR) is 64.8 cm³/mol. The van der Waals surface area contributed by atoms with E-state index in [0.29, 0.717) is 19.8 Å². The van der Waals surface area contributed by atoms with Gasteiger partial charge in [-0.2, -0.15) is 0 Å². The van der Waals surface area contributed by atoms with Crippen molar-refractivity contribution in [1.82, 2.24) is 0 Å². The second-order valence-electron chi connectivity index (χ2n) is 3.82. The Morgan fingerprint density at radius 1 is 1.31 bits per heavy atom. The highest BCUT2D eigenvalue weighted by molar-refractivity contribution is 5.66. The highest BCUT2D eigenvalue weighted by Gasteiger charge is 2.11. The van der Waals surface area contributed by atoms with E-state index >= 15 is 0 Å². The maximum Gasteiger partial charge on any atom is 0.161 e. The zero-order chi connectivity index (χ0) is 11.4. The number of hydrogen-bond acceptors (Lipinski definition) is 3. The summed E-state index contributed by atoms with van der Waals surface area (Å²) in [5, 5.41) is 0. The van der Waals surface area contributed by atoms with Crippen molar-refractivity contribution in [2.24, 2.45) is 5.73 Å². The molecule has 3 nitrogen and oxygen atoms in total. The summed E-state index contributed by atoms with van der Waals surface area (Å²) in [5.41, 5.74) is 7.87.